The van der Waals surface area contributed by atoms with Crippen LogP contribution in [0.3, 0.4) is 0 Å². The van der Waals surface area contributed by atoms with E-state index in [-0.39, 0.29) is 11.6 Å². The third-order valence-corrected chi connectivity index (χ3v) is 3.83. The number of nitrogens with zero attached hydrogens (tertiary/aromatic N) is 3. The van der Waals surface area contributed by atoms with Crippen LogP contribution >= 0.6 is 0 Å². The molecule has 110 valence electrons. The topological polar surface area (TPSA) is 49.2 Å². The van der Waals surface area contributed by atoms with Crippen LogP contribution in [-0.4, -0.2) is 33.1 Å². The molecular weight excluding hydrogens is 265 g/mol. The van der Waals surface area contributed by atoms with Gasteiger partial charge in [-0.2, -0.15) is 5.10 Å². The Hall–Kier alpha value is -1.66. The van der Waals surface area contributed by atoms with Crippen LogP contribution < -0.4 is 5.46 Å². The smallest absolute Gasteiger partial charge is 0.399 e. The predicted molar refractivity (Wildman–Crippen MR) is 81.8 cm³/mol. The van der Waals surface area contributed by atoms with Gasteiger partial charge in [0, 0.05) is 28.1 Å². The lowest BCUT2D eigenvalue weighted by Crippen LogP contribution is -2.41. The standard InChI is InChI=1S/C15H20BN3O2/c1-11-13(7-6-8-17-11)19-10-12(9-18-19)16-20-14(2,3)15(4,5)21-16/h6-10H,1-5H3/i1D3,6D,7D,8D,9D,10D. The zero-order valence-corrected chi connectivity index (χ0v) is 12.2. The van der Waals surface area contributed by atoms with Gasteiger partial charge in [-0.25, -0.2) is 4.68 Å². The van der Waals surface area contributed by atoms with Crippen LogP contribution in [0.25, 0.3) is 5.69 Å². The summed E-state index contributed by atoms with van der Waals surface area (Å²) in [5.41, 5.74) is -2.56. The van der Waals surface area contributed by atoms with Crippen LogP contribution in [0.15, 0.2) is 30.6 Å². The van der Waals surface area contributed by atoms with Gasteiger partial charge >= 0.3 is 7.12 Å². The molecule has 2 aromatic heterocycles. The third-order valence-electron chi connectivity index (χ3n) is 3.83. The van der Waals surface area contributed by atoms with Gasteiger partial charge in [-0.05, 0) is 46.6 Å². The van der Waals surface area contributed by atoms with Crippen molar-refractivity contribution in [3.05, 3.63) is 36.3 Å². The second-order valence-electron chi connectivity index (χ2n) is 5.81. The molecule has 1 saturated heterocycles. The monoisotopic (exact) mass is 293 g/mol. The first kappa shape index (κ1) is 7.56. The second kappa shape index (κ2) is 4.68. The number of pyridine rings is 1. The first-order valence-corrected chi connectivity index (χ1v) is 6.49. The third kappa shape index (κ3) is 2.38. The summed E-state index contributed by atoms with van der Waals surface area (Å²) in [7, 11) is -1.09. The van der Waals surface area contributed by atoms with Gasteiger partial charge in [0.1, 0.15) is 0 Å². The fourth-order valence-corrected chi connectivity index (χ4v) is 1.88. The molecule has 2 aromatic rings. The molecule has 6 heteroatoms. The van der Waals surface area contributed by atoms with Crippen molar-refractivity contribution in [1.29, 1.82) is 0 Å². The number of aryl methyl sites for hydroxylation is 1. The summed E-state index contributed by atoms with van der Waals surface area (Å²) >= 11 is 0. The first-order valence-electron chi connectivity index (χ1n) is 10.5. The van der Waals surface area contributed by atoms with E-state index in [4.69, 9.17) is 20.3 Å². The number of rotatable bonds is 2. The molecular formula is C15H20BN3O2. The van der Waals surface area contributed by atoms with Gasteiger partial charge < -0.3 is 9.31 Å². The Morgan fingerprint density at radius 1 is 1.29 bits per heavy atom. The molecule has 3 heterocycles. The Morgan fingerprint density at radius 2 is 2.00 bits per heavy atom. The molecule has 5 nitrogen and oxygen atoms in total. The molecule has 0 aliphatic carbocycles. The van der Waals surface area contributed by atoms with E-state index in [0.29, 0.717) is 0 Å². The molecule has 1 aliphatic heterocycles. The maximum Gasteiger partial charge on any atom is 0.498 e. The quantitative estimate of drug-likeness (QED) is 0.793. The van der Waals surface area contributed by atoms with Crippen molar-refractivity contribution in [3.8, 4) is 5.69 Å². The van der Waals surface area contributed by atoms with Crippen molar-refractivity contribution >= 4 is 12.6 Å². The molecule has 0 amide bonds. The van der Waals surface area contributed by atoms with E-state index in [1.807, 2.05) is 27.7 Å². The van der Waals surface area contributed by atoms with Crippen LogP contribution in [-0.2, 0) is 9.31 Å². The van der Waals surface area contributed by atoms with Crippen molar-refractivity contribution in [2.24, 2.45) is 0 Å². The zero-order chi connectivity index (χ0) is 22.1. The van der Waals surface area contributed by atoms with E-state index in [1.165, 1.54) is 0 Å². The second-order valence-corrected chi connectivity index (χ2v) is 5.81. The maximum absolute atomic E-state index is 8.47. The van der Waals surface area contributed by atoms with Crippen LogP contribution in [0.5, 0.6) is 0 Å². The van der Waals surface area contributed by atoms with E-state index in [1.54, 1.807) is 0 Å². The highest BCUT2D eigenvalue weighted by atomic mass is 16.7. The van der Waals surface area contributed by atoms with Crippen molar-refractivity contribution < 1.29 is 20.3 Å². The number of hydrogen-bond donors (Lipinski definition) is 0. The van der Waals surface area contributed by atoms with Crippen molar-refractivity contribution in [1.82, 2.24) is 14.8 Å². The Labute approximate surface area is 136 Å². The lowest BCUT2D eigenvalue weighted by Gasteiger charge is -2.32. The van der Waals surface area contributed by atoms with Crippen molar-refractivity contribution in [3.63, 3.8) is 0 Å². The molecule has 1 aliphatic rings. The molecule has 0 radical (unpaired) electrons. The van der Waals surface area contributed by atoms with Gasteiger partial charge in [0.15, 0.2) is 0 Å². The molecule has 0 atom stereocenters. The molecule has 21 heavy (non-hydrogen) atoms. The fourth-order valence-electron chi connectivity index (χ4n) is 1.88. The summed E-state index contributed by atoms with van der Waals surface area (Å²) in [5.74, 6) is 0. The highest BCUT2D eigenvalue weighted by Crippen LogP contribution is 2.36. The summed E-state index contributed by atoms with van der Waals surface area (Å²) in [4.78, 5) is 3.63. The van der Waals surface area contributed by atoms with Crippen LogP contribution in [0, 0.1) is 6.85 Å². The molecule has 0 N–H and O–H groups in total. The van der Waals surface area contributed by atoms with Gasteiger partial charge in [0.25, 0.3) is 0 Å². The van der Waals surface area contributed by atoms with Gasteiger partial charge in [-0.15, -0.1) is 0 Å². The largest absolute Gasteiger partial charge is 0.498 e. The molecule has 0 saturated carbocycles. The fraction of sp³-hybridized carbons (Fsp3) is 0.467. The summed E-state index contributed by atoms with van der Waals surface area (Å²) in [5, 5.41) is 3.91. The summed E-state index contributed by atoms with van der Waals surface area (Å²) in [6, 6.07) is -1.22. The molecule has 3 rings (SSSR count). The van der Waals surface area contributed by atoms with E-state index in [2.05, 4.69) is 10.1 Å². The van der Waals surface area contributed by atoms with Gasteiger partial charge in [0.05, 0.1) is 29.4 Å². The predicted octanol–water partition coefficient (Wildman–Crippen LogP) is 1.87. The lowest BCUT2D eigenvalue weighted by molar-refractivity contribution is 0.00578. The normalized spacial score (nSPS) is 26.0. The van der Waals surface area contributed by atoms with Crippen LogP contribution in [0.4, 0.5) is 0 Å². The van der Waals surface area contributed by atoms with Gasteiger partial charge in [-0.1, -0.05) is 0 Å². The van der Waals surface area contributed by atoms with Gasteiger partial charge in [0.2, 0.25) is 0 Å². The SMILES string of the molecule is [2H]c1nc(C([2H])([2H])[2H])c(-n2nc([2H])c(B3OC(C)(C)C(C)(C)O3)c2[2H])c([2H])c1[2H]. The van der Waals surface area contributed by atoms with Crippen molar-refractivity contribution in [2.75, 3.05) is 0 Å². The van der Waals surface area contributed by atoms with E-state index < -0.39 is 61.0 Å². The Bertz CT molecular complexity index is 973. The molecule has 0 unspecified atom stereocenters. The summed E-state index contributed by atoms with van der Waals surface area (Å²) in [6.07, 6.45) is -1.46. The highest BCUT2D eigenvalue weighted by molar-refractivity contribution is 6.62. The Balaban J connectivity index is 2.22. The minimum Gasteiger partial charge on any atom is -0.399 e. The molecule has 0 bridgehead atoms. The van der Waals surface area contributed by atoms with Gasteiger partial charge in [-0.3, -0.25) is 4.98 Å². The van der Waals surface area contributed by atoms with Crippen LogP contribution in [0.1, 0.15) is 44.4 Å². The minimum absolute atomic E-state index is 0.0268. The maximum atomic E-state index is 8.47. The number of hydrogen-bond acceptors (Lipinski definition) is 4. The molecule has 0 aromatic carbocycles. The zero-order valence-electron chi connectivity index (χ0n) is 20.2. The lowest BCUT2D eigenvalue weighted by atomic mass is 9.82. The molecule has 0 spiro atoms. The number of aromatic nitrogens is 3. The van der Waals surface area contributed by atoms with Crippen LogP contribution in [0.2, 0.25) is 0 Å². The minimum atomic E-state index is -2.82. The Morgan fingerprint density at radius 3 is 2.67 bits per heavy atom. The average molecular weight is 293 g/mol. The first-order chi connectivity index (χ1) is 13.1. The summed E-state index contributed by atoms with van der Waals surface area (Å²) < 4.78 is 75.8. The summed E-state index contributed by atoms with van der Waals surface area (Å²) in [6.45, 7) is 4.41. The average Bonchev–Trinajstić information content (AvgIpc) is 2.95. The molecule has 1 fully saturated rings. The van der Waals surface area contributed by atoms with Crippen molar-refractivity contribution in [2.45, 2.75) is 45.7 Å². The van der Waals surface area contributed by atoms with E-state index in [0.717, 1.165) is 4.68 Å². The van der Waals surface area contributed by atoms with E-state index >= 15 is 0 Å². The highest BCUT2D eigenvalue weighted by Gasteiger charge is 2.52. The van der Waals surface area contributed by atoms with E-state index in [9.17, 15) is 0 Å². The Kier molecular flexibility index (Phi) is 1.68.